The number of nitrogens with one attached hydrogen (secondary N) is 1. The number of hydrogen-bond acceptors (Lipinski definition) is 3. The molecule has 1 atom stereocenters. The highest BCUT2D eigenvalue weighted by Crippen LogP contribution is 2.42. The van der Waals surface area contributed by atoms with Gasteiger partial charge >= 0.3 is 0 Å². The van der Waals surface area contributed by atoms with Crippen molar-refractivity contribution in [1.82, 2.24) is 4.90 Å². The van der Waals surface area contributed by atoms with E-state index in [0.717, 1.165) is 30.9 Å². The van der Waals surface area contributed by atoms with Crippen LogP contribution in [0.1, 0.15) is 37.8 Å². The van der Waals surface area contributed by atoms with Crippen molar-refractivity contribution in [2.45, 2.75) is 51.3 Å². The predicted octanol–water partition coefficient (Wildman–Crippen LogP) is 4.93. The van der Waals surface area contributed by atoms with Gasteiger partial charge in [-0.05, 0) is 50.2 Å². The molecule has 2 aliphatic heterocycles. The fourth-order valence-electron chi connectivity index (χ4n) is 4.31. The minimum absolute atomic E-state index is 0.235. The zero-order valence-corrected chi connectivity index (χ0v) is 17.6. The van der Waals surface area contributed by atoms with E-state index < -0.39 is 0 Å². The zero-order chi connectivity index (χ0) is 19.8. The Balaban J connectivity index is 1.71. The summed E-state index contributed by atoms with van der Waals surface area (Å²) in [7, 11) is 0. The van der Waals surface area contributed by atoms with Crippen molar-refractivity contribution >= 4 is 28.9 Å². The summed E-state index contributed by atoms with van der Waals surface area (Å²) in [6.07, 6.45) is 1.70. The number of rotatable bonds is 3. The average Bonchev–Trinajstić information content (AvgIpc) is 2.88. The van der Waals surface area contributed by atoms with Crippen molar-refractivity contribution in [3.8, 4) is 0 Å². The number of aliphatic imine (C=N–C) groups is 1. The van der Waals surface area contributed by atoms with Crippen LogP contribution in [0.15, 0.2) is 59.6 Å². The summed E-state index contributed by atoms with van der Waals surface area (Å²) in [6, 6.07) is 18.8. The van der Waals surface area contributed by atoms with Crippen LogP contribution in [-0.4, -0.2) is 33.6 Å². The normalized spacial score (nSPS) is 23.8. The van der Waals surface area contributed by atoms with Crippen LogP contribution >= 0.6 is 12.2 Å². The van der Waals surface area contributed by atoms with Crippen molar-refractivity contribution in [3.05, 3.63) is 65.7 Å². The molecule has 2 aromatic rings. The molecule has 0 bridgehead atoms. The van der Waals surface area contributed by atoms with Crippen LogP contribution in [0.5, 0.6) is 0 Å². The summed E-state index contributed by atoms with van der Waals surface area (Å²) in [4.78, 5) is 7.15. The molecule has 5 heteroatoms. The van der Waals surface area contributed by atoms with Crippen molar-refractivity contribution in [2.75, 3.05) is 11.9 Å². The van der Waals surface area contributed by atoms with E-state index >= 15 is 0 Å². The number of ether oxygens (including phenoxy) is 1. The molecule has 2 heterocycles. The minimum atomic E-state index is -0.281. The summed E-state index contributed by atoms with van der Waals surface area (Å²) in [5.74, 6) is 0.944. The number of hydrogen-bond donors (Lipinski definition) is 1. The fraction of sp³-hybridized carbons (Fsp3) is 0.391. The Bertz CT molecular complexity index is 909. The Morgan fingerprint density at radius 3 is 2.54 bits per heavy atom. The lowest BCUT2D eigenvalue weighted by Crippen LogP contribution is -2.60. The first-order chi connectivity index (χ1) is 13.4. The molecule has 0 radical (unpaired) electrons. The SMILES string of the molecule is Cc1ccccc1NC1=NC(=S)N(Cc2ccccc2)C12CCOC(C)(C)C2. The number of aryl methyl sites for hydroxylation is 1. The van der Waals surface area contributed by atoms with E-state index in [9.17, 15) is 0 Å². The van der Waals surface area contributed by atoms with Crippen LogP contribution in [0.4, 0.5) is 5.69 Å². The number of thiocarbonyl (C=S) groups is 1. The first-order valence-electron chi connectivity index (χ1n) is 9.81. The highest BCUT2D eigenvalue weighted by molar-refractivity contribution is 7.80. The summed E-state index contributed by atoms with van der Waals surface area (Å²) in [5.41, 5.74) is 2.99. The van der Waals surface area contributed by atoms with Gasteiger partial charge in [0, 0.05) is 31.7 Å². The standard InChI is InChI=1S/C23H27N3OS/c1-17-9-7-8-12-19(17)24-20-23(13-14-27-22(2,3)16-23)26(21(28)25-20)15-18-10-5-4-6-11-18/h4-12H,13-16H2,1-3H3,(H,24,25,28). The quantitative estimate of drug-likeness (QED) is 0.750. The molecule has 0 saturated carbocycles. The Hall–Kier alpha value is -2.24. The van der Waals surface area contributed by atoms with Gasteiger partial charge in [-0.2, -0.15) is 0 Å². The van der Waals surface area contributed by atoms with Crippen LogP contribution in [-0.2, 0) is 11.3 Å². The lowest BCUT2D eigenvalue weighted by Gasteiger charge is -2.48. The maximum atomic E-state index is 6.06. The van der Waals surface area contributed by atoms with Gasteiger partial charge in [-0.15, -0.1) is 0 Å². The molecule has 1 spiro atoms. The fourth-order valence-corrected chi connectivity index (χ4v) is 4.64. The molecule has 146 valence electrons. The number of para-hydroxylation sites is 1. The van der Waals surface area contributed by atoms with E-state index in [1.807, 2.05) is 12.1 Å². The topological polar surface area (TPSA) is 36.9 Å². The van der Waals surface area contributed by atoms with Crippen LogP contribution in [0.3, 0.4) is 0 Å². The number of amidine groups is 1. The second-order valence-corrected chi connectivity index (χ2v) is 8.69. The molecule has 1 fully saturated rings. The van der Waals surface area contributed by atoms with Crippen molar-refractivity contribution in [2.24, 2.45) is 4.99 Å². The molecule has 0 aromatic heterocycles. The second-order valence-electron chi connectivity index (χ2n) is 8.32. The molecular weight excluding hydrogens is 366 g/mol. The van der Waals surface area contributed by atoms with E-state index in [2.05, 4.69) is 73.5 Å². The van der Waals surface area contributed by atoms with E-state index in [1.165, 1.54) is 11.1 Å². The third kappa shape index (κ3) is 3.56. The van der Waals surface area contributed by atoms with E-state index in [1.54, 1.807) is 0 Å². The van der Waals surface area contributed by atoms with Crippen molar-refractivity contribution < 1.29 is 4.74 Å². The largest absolute Gasteiger partial charge is 0.375 e. The third-order valence-corrected chi connectivity index (χ3v) is 6.02. The van der Waals surface area contributed by atoms with Gasteiger partial charge in [0.05, 0.1) is 5.60 Å². The van der Waals surface area contributed by atoms with Gasteiger partial charge in [-0.3, -0.25) is 0 Å². The molecule has 1 N–H and O–H groups in total. The summed E-state index contributed by atoms with van der Waals surface area (Å²) < 4.78 is 6.06. The lowest BCUT2D eigenvalue weighted by molar-refractivity contribution is -0.0879. The average molecular weight is 394 g/mol. The van der Waals surface area contributed by atoms with Gasteiger partial charge in [-0.25, -0.2) is 4.99 Å². The molecule has 4 nitrogen and oxygen atoms in total. The molecular formula is C23H27N3OS. The van der Waals surface area contributed by atoms with Gasteiger partial charge < -0.3 is 15.0 Å². The summed E-state index contributed by atoms with van der Waals surface area (Å²) in [6.45, 7) is 7.86. The van der Waals surface area contributed by atoms with Gasteiger partial charge in [0.2, 0.25) is 0 Å². The maximum absolute atomic E-state index is 6.06. The van der Waals surface area contributed by atoms with Crippen LogP contribution < -0.4 is 5.32 Å². The Kier molecular flexibility index (Phi) is 4.98. The number of nitrogens with zero attached hydrogens (tertiary/aromatic N) is 2. The molecule has 28 heavy (non-hydrogen) atoms. The molecule has 2 aliphatic rings. The van der Waals surface area contributed by atoms with Gasteiger partial charge in [0.1, 0.15) is 11.4 Å². The lowest BCUT2D eigenvalue weighted by atomic mass is 9.79. The number of benzene rings is 2. The Labute approximate surface area is 172 Å². The summed E-state index contributed by atoms with van der Waals surface area (Å²) in [5, 5.41) is 4.27. The molecule has 0 amide bonds. The van der Waals surface area contributed by atoms with E-state index in [-0.39, 0.29) is 11.1 Å². The highest BCUT2D eigenvalue weighted by Gasteiger charge is 2.53. The van der Waals surface area contributed by atoms with Crippen LogP contribution in [0, 0.1) is 6.92 Å². The molecule has 0 aliphatic carbocycles. The van der Waals surface area contributed by atoms with Gasteiger partial charge in [0.25, 0.3) is 0 Å². The maximum Gasteiger partial charge on any atom is 0.198 e. The first kappa shape index (κ1) is 19.1. The Morgan fingerprint density at radius 2 is 1.82 bits per heavy atom. The molecule has 4 rings (SSSR count). The van der Waals surface area contributed by atoms with E-state index in [4.69, 9.17) is 21.9 Å². The molecule has 2 aromatic carbocycles. The summed E-state index contributed by atoms with van der Waals surface area (Å²) >= 11 is 5.75. The number of anilines is 1. The molecule has 1 unspecified atom stereocenters. The predicted molar refractivity (Wildman–Crippen MR) is 119 cm³/mol. The first-order valence-corrected chi connectivity index (χ1v) is 10.2. The second kappa shape index (κ2) is 7.30. The monoisotopic (exact) mass is 393 g/mol. The smallest absolute Gasteiger partial charge is 0.198 e. The highest BCUT2D eigenvalue weighted by atomic mass is 32.1. The molecule has 1 saturated heterocycles. The van der Waals surface area contributed by atoms with E-state index in [0.29, 0.717) is 11.7 Å². The zero-order valence-electron chi connectivity index (χ0n) is 16.7. The van der Waals surface area contributed by atoms with Crippen LogP contribution in [0.25, 0.3) is 0 Å². The van der Waals surface area contributed by atoms with Crippen molar-refractivity contribution in [3.63, 3.8) is 0 Å². The van der Waals surface area contributed by atoms with Crippen molar-refractivity contribution in [1.29, 1.82) is 0 Å². The van der Waals surface area contributed by atoms with Gasteiger partial charge in [0.15, 0.2) is 5.11 Å². The van der Waals surface area contributed by atoms with Crippen LogP contribution in [0.2, 0.25) is 0 Å². The minimum Gasteiger partial charge on any atom is -0.375 e. The van der Waals surface area contributed by atoms with Gasteiger partial charge in [-0.1, -0.05) is 48.5 Å². The Morgan fingerprint density at radius 1 is 1.11 bits per heavy atom. The third-order valence-electron chi connectivity index (χ3n) is 5.70.